The van der Waals surface area contributed by atoms with Crippen LogP contribution >= 0.6 is 0 Å². The summed E-state index contributed by atoms with van der Waals surface area (Å²) in [5.74, 6) is 0. The van der Waals surface area contributed by atoms with E-state index in [0.29, 0.717) is 32.8 Å². The second-order valence-electron chi connectivity index (χ2n) is 9.48. The number of rotatable bonds is 3. The van der Waals surface area contributed by atoms with Crippen molar-refractivity contribution in [2.24, 2.45) is 0 Å². The fourth-order valence-electron chi connectivity index (χ4n) is 4.05. The molecule has 0 aliphatic carbocycles. The highest BCUT2D eigenvalue weighted by Gasteiger charge is 2.39. The molecule has 2 heterocycles. The zero-order valence-corrected chi connectivity index (χ0v) is 18.7. The molecule has 7 nitrogen and oxygen atoms in total. The van der Waals surface area contributed by atoms with E-state index in [0.717, 1.165) is 31.5 Å². The molecule has 1 aromatic rings. The monoisotopic (exact) mass is 417 g/mol. The maximum Gasteiger partial charge on any atom is 0.410 e. The van der Waals surface area contributed by atoms with Crippen molar-refractivity contribution in [1.82, 2.24) is 14.7 Å². The number of hydrogen-bond acceptors (Lipinski definition) is 5. The average Bonchev–Trinajstić information content (AvgIpc) is 2.72. The zero-order valence-electron chi connectivity index (χ0n) is 18.7. The highest BCUT2D eigenvalue weighted by Crippen LogP contribution is 2.30. The predicted molar refractivity (Wildman–Crippen MR) is 115 cm³/mol. The van der Waals surface area contributed by atoms with Gasteiger partial charge in [0.2, 0.25) is 0 Å². The molecule has 2 aliphatic heterocycles. The summed E-state index contributed by atoms with van der Waals surface area (Å²) in [5, 5.41) is 0. The van der Waals surface area contributed by atoms with Gasteiger partial charge in [-0.05, 0) is 46.1 Å². The Labute approximate surface area is 179 Å². The van der Waals surface area contributed by atoms with Gasteiger partial charge in [0, 0.05) is 44.8 Å². The number of carbonyl (C=O) groups excluding carboxylic acids is 2. The lowest BCUT2D eigenvalue weighted by molar-refractivity contribution is -0.0172. The Morgan fingerprint density at radius 2 is 1.47 bits per heavy atom. The van der Waals surface area contributed by atoms with Gasteiger partial charge in [-0.3, -0.25) is 4.90 Å². The number of piperidine rings is 1. The summed E-state index contributed by atoms with van der Waals surface area (Å²) in [6, 6.07) is 9.75. The summed E-state index contributed by atoms with van der Waals surface area (Å²) in [7, 11) is 0. The van der Waals surface area contributed by atoms with E-state index in [-0.39, 0.29) is 17.7 Å². The van der Waals surface area contributed by atoms with Crippen LogP contribution in [0.1, 0.15) is 46.1 Å². The number of hydrogen-bond donors (Lipinski definition) is 0. The third kappa shape index (κ3) is 5.88. The number of ether oxygens (including phenoxy) is 2. The van der Waals surface area contributed by atoms with Gasteiger partial charge in [-0.25, -0.2) is 9.59 Å². The summed E-state index contributed by atoms with van der Waals surface area (Å²) >= 11 is 0. The van der Waals surface area contributed by atoms with E-state index >= 15 is 0 Å². The SMILES string of the molecule is CC(C)(C)OC(=O)N1CCN(C2(C)CCN(C(=O)OCc3ccccc3)CC2)CC1. The number of amides is 2. The predicted octanol–water partition coefficient (Wildman–Crippen LogP) is 3.73. The van der Waals surface area contributed by atoms with E-state index in [1.165, 1.54) is 0 Å². The van der Waals surface area contributed by atoms with Gasteiger partial charge in [-0.1, -0.05) is 30.3 Å². The van der Waals surface area contributed by atoms with Crippen LogP contribution in [0.4, 0.5) is 9.59 Å². The smallest absolute Gasteiger partial charge is 0.410 e. The van der Waals surface area contributed by atoms with Crippen molar-refractivity contribution in [3.05, 3.63) is 35.9 Å². The fourth-order valence-corrected chi connectivity index (χ4v) is 4.05. The molecule has 3 rings (SSSR count). The van der Waals surface area contributed by atoms with Crippen molar-refractivity contribution in [2.75, 3.05) is 39.3 Å². The molecular formula is C23H35N3O4. The molecule has 0 unspecified atom stereocenters. The van der Waals surface area contributed by atoms with Crippen molar-refractivity contribution in [2.45, 2.75) is 58.3 Å². The van der Waals surface area contributed by atoms with Gasteiger partial charge in [0.15, 0.2) is 0 Å². The van der Waals surface area contributed by atoms with Gasteiger partial charge < -0.3 is 19.3 Å². The maximum absolute atomic E-state index is 12.4. The minimum atomic E-state index is -0.470. The van der Waals surface area contributed by atoms with Crippen molar-refractivity contribution >= 4 is 12.2 Å². The minimum Gasteiger partial charge on any atom is -0.445 e. The number of likely N-dealkylation sites (tertiary alicyclic amines) is 1. The Balaban J connectivity index is 1.43. The molecule has 0 radical (unpaired) electrons. The van der Waals surface area contributed by atoms with Crippen molar-refractivity contribution in [3.8, 4) is 0 Å². The number of piperazine rings is 1. The van der Waals surface area contributed by atoms with Crippen molar-refractivity contribution in [1.29, 1.82) is 0 Å². The molecule has 30 heavy (non-hydrogen) atoms. The van der Waals surface area contributed by atoms with Gasteiger partial charge in [0.1, 0.15) is 12.2 Å². The third-order valence-electron chi connectivity index (χ3n) is 6.00. The molecular weight excluding hydrogens is 382 g/mol. The summed E-state index contributed by atoms with van der Waals surface area (Å²) in [5.41, 5.74) is 0.564. The first kappa shape index (κ1) is 22.4. The Kier molecular flexibility index (Phi) is 6.91. The molecule has 1 aromatic carbocycles. The lowest BCUT2D eigenvalue weighted by atomic mass is 9.87. The Morgan fingerprint density at radius 3 is 2.03 bits per heavy atom. The molecule has 7 heteroatoms. The second-order valence-corrected chi connectivity index (χ2v) is 9.48. The van der Waals surface area contributed by atoms with Gasteiger partial charge in [0.25, 0.3) is 0 Å². The molecule has 0 spiro atoms. The van der Waals surface area contributed by atoms with E-state index in [9.17, 15) is 9.59 Å². The van der Waals surface area contributed by atoms with Gasteiger partial charge in [-0.15, -0.1) is 0 Å². The summed E-state index contributed by atoms with van der Waals surface area (Å²) in [6.45, 7) is 12.6. The first-order valence-corrected chi connectivity index (χ1v) is 10.8. The highest BCUT2D eigenvalue weighted by molar-refractivity contribution is 5.68. The normalized spacial score (nSPS) is 20.0. The molecule has 0 N–H and O–H groups in total. The van der Waals surface area contributed by atoms with Gasteiger partial charge >= 0.3 is 12.2 Å². The quantitative estimate of drug-likeness (QED) is 0.750. The van der Waals surface area contributed by atoms with Crippen LogP contribution in [0.15, 0.2) is 30.3 Å². The maximum atomic E-state index is 12.4. The van der Waals surface area contributed by atoms with E-state index in [2.05, 4.69) is 11.8 Å². The van der Waals surface area contributed by atoms with E-state index < -0.39 is 5.60 Å². The Hall–Kier alpha value is -2.28. The van der Waals surface area contributed by atoms with Crippen LogP contribution in [0.3, 0.4) is 0 Å². The molecule has 0 atom stereocenters. The van der Waals surface area contributed by atoms with Crippen LogP contribution in [0.2, 0.25) is 0 Å². The first-order chi connectivity index (χ1) is 14.2. The first-order valence-electron chi connectivity index (χ1n) is 10.8. The van der Waals surface area contributed by atoms with Crippen LogP contribution in [0.25, 0.3) is 0 Å². The molecule has 166 valence electrons. The van der Waals surface area contributed by atoms with Crippen LogP contribution in [-0.4, -0.2) is 77.3 Å². The Bertz CT molecular complexity index is 716. The second kappa shape index (κ2) is 9.25. The molecule has 2 fully saturated rings. The van der Waals surface area contributed by atoms with Crippen LogP contribution in [0.5, 0.6) is 0 Å². The molecule has 2 amide bonds. The largest absolute Gasteiger partial charge is 0.445 e. The number of carbonyl (C=O) groups is 2. The topological polar surface area (TPSA) is 62.3 Å². The van der Waals surface area contributed by atoms with Crippen molar-refractivity contribution < 1.29 is 19.1 Å². The van der Waals surface area contributed by atoms with E-state index in [1.807, 2.05) is 56.0 Å². The lowest BCUT2D eigenvalue weighted by Gasteiger charge is -2.49. The van der Waals surface area contributed by atoms with E-state index in [4.69, 9.17) is 9.47 Å². The Morgan fingerprint density at radius 1 is 0.900 bits per heavy atom. The third-order valence-corrected chi connectivity index (χ3v) is 6.00. The summed E-state index contributed by atoms with van der Waals surface area (Å²) in [6.07, 6.45) is 1.33. The van der Waals surface area contributed by atoms with Crippen LogP contribution < -0.4 is 0 Å². The van der Waals surface area contributed by atoms with Crippen LogP contribution in [0, 0.1) is 0 Å². The average molecular weight is 418 g/mol. The van der Waals surface area contributed by atoms with Gasteiger partial charge in [-0.2, -0.15) is 0 Å². The highest BCUT2D eigenvalue weighted by atomic mass is 16.6. The minimum absolute atomic E-state index is 0.0379. The molecule has 2 saturated heterocycles. The molecule has 0 bridgehead atoms. The summed E-state index contributed by atoms with van der Waals surface area (Å²) in [4.78, 5) is 30.8. The summed E-state index contributed by atoms with van der Waals surface area (Å²) < 4.78 is 11.0. The van der Waals surface area contributed by atoms with Gasteiger partial charge in [0.05, 0.1) is 0 Å². The fraction of sp³-hybridized carbons (Fsp3) is 0.652. The number of benzene rings is 1. The van der Waals surface area contributed by atoms with Crippen LogP contribution in [-0.2, 0) is 16.1 Å². The molecule has 0 aromatic heterocycles. The number of nitrogens with zero attached hydrogens (tertiary/aromatic N) is 3. The lowest BCUT2D eigenvalue weighted by Crippen LogP contribution is -2.60. The standard InChI is InChI=1S/C23H35N3O4/c1-22(2,3)30-21(28)25-14-16-26(17-15-25)23(4)10-12-24(13-11-23)20(27)29-18-19-8-6-5-7-9-19/h5-9H,10-18H2,1-4H3. The van der Waals surface area contributed by atoms with E-state index in [1.54, 1.807) is 4.90 Å². The van der Waals surface area contributed by atoms with Crippen molar-refractivity contribution in [3.63, 3.8) is 0 Å². The zero-order chi connectivity index (χ0) is 21.8. The molecule has 2 aliphatic rings. The molecule has 0 saturated carbocycles.